The summed E-state index contributed by atoms with van der Waals surface area (Å²) in [6.45, 7) is 4.78. The van der Waals surface area contributed by atoms with Crippen molar-refractivity contribution in [3.8, 4) is 0 Å². The lowest BCUT2D eigenvalue weighted by molar-refractivity contribution is 0.0448. The van der Waals surface area contributed by atoms with E-state index < -0.39 is 0 Å². The van der Waals surface area contributed by atoms with Crippen molar-refractivity contribution in [3.05, 3.63) is 56.7 Å². The first-order chi connectivity index (χ1) is 12.1. The van der Waals surface area contributed by atoms with Gasteiger partial charge in [-0.2, -0.15) is 0 Å². The van der Waals surface area contributed by atoms with E-state index in [0.717, 1.165) is 37.1 Å². The van der Waals surface area contributed by atoms with Crippen LogP contribution in [0.2, 0.25) is 4.34 Å². The molecule has 130 valence electrons. The summed E-state index contributed by atoms with van der Waals surface area (Å²) in [4.78, 5) is 32.1. The molecule has 0 bridgehead atoms. The van der Waals surface area contributed by atoms with Gasteiger partial charge in [-0.25, -0.2) is 0 Å². The highest BCUT2D eigenvalue weighted by atomic mass is 35.5. The maximum atomic E-state index is 12.4. The molecule has 0 unspecified atom stereocenters. The fourth-order valence-electron chi connectivity index (χ4n) is 3.31. The second-order valence-electron chi connectivity index (χ2n) is 6.33. The molecule has 3 heterocycles. The molecule has 2 aliphatic rings. The predicted octanol–water partition coefficient (Wildman–Crippen LogP) is 2.77. The van der Waals surface area contributed by atoms with E-state index >= 15 is 0 Å². The Bertz CT molecular complexity index is 779. The average Bonchev–Trinajstić information content (AvgIpc) is 3.14. The Morgan fingerprint density at radius 2 is 1.48 bits per heavy atom. The van der Waals surface area contributed by atoms with Crippen LogP contribution in [0.3, 0.4) is 0 Å². The Balaban J connectivity index is 1.33. The van der Waals surface area contributed by atoms with E-state index in [1.54, 1.807) is 35.6 Å². The number of carbonyl (C=O) groups excluding carboxylic acids is 2. The van der Waals surface area contributed by atoms with Gasteiger partial charge in [-0.3, -0.25) is 24.3 Å². The Morgan fingerprint density at radius 1 is 0.880 bits per heavy atom. The maximum absolute atomic E-state index is 12.4. The van der Waals surface area contributed by atoms with Crippen molar-refractivity contribution in [2.75, 3.05) is 32.8 Å². The summed E-state index contributed by atoms with van der Waals surface area (Å²) in [7, 11) is 0. The first-order valence-corrected chi connectivity index (χ1v) is 9.45. The van der Waals surface area contributed by atoms with Crippen molar-refractivity contribution in [1.82, 2.24) is 14.7 Å². The van der Waals surface area contributed by atoms with E-state index in [9.17, 15) is 9.59 Å². The lowest BCUT2D eigenvalue weighted by Gasteiger charge is -2.35. The van der Waals surface area contributed by atoms with E-state index in [-0.39, 0.29) is 11.8 Å². The number of carbonyl (C=O) groups is 2. The van der Waals surface area contributed by atoms with Crippen LogP contribution >= 0.6 is 22.9 Å². The number of benzene rings is 1. The van der Waals surface area contributed by atoms with Gasteiger partial charge in [0.05, 0.1) is 22.1 Å². The highest BCUT2D eigenvalue weighted by Gasteiger charge is 2.36. The summed E-state index contributed by atoms with van der Waals surface area (Å²) in [5.41, 5.74) is 1.03. The molecule has 7 heteroatoms. The van der Waals surface area contributed by atoms with Gasteiger partial charge in [0.2, 0.25) is 0 Å². The standard InChI is InChI=1S/C18H18ClN3O2S/c19-16-6-5-13(25-16)11-20-7-9-21(10-8-20)12-22-17(23)14-3-1-2-4-15(14)18(22)24/h1-6H,7-12H2. The molecule has 0 saturated carbocycles. The fourth-order valence-corrected chi connectivity index (χ4v) is 4.44. The topological polar surface area (TPSA) is 43.9 Å². The summed E-state index contributed by atoms with van der Waals surface area (Å²) < 4.78 is 0.819. The highest BCUT2D eigenvalue weighted by Crippen LogP contribution is 2.24. The van der Waals surface area contributed by atoms with E-state index in [1.807, 2.05) is 6.07 Å². The summed E-state index contributed by atoms with van der Waals surface area (Å²) in [5, 5.41) is 0. The molecule has 0 aliphatic carbocycles. The second kappa shape index (κ2) is 6.88. The molecule has 0 N–H and O–H groups in total. The maximum Gasteiger partial charge on any atom is 0.262 e. The van der Waals surface area contributed by atoms with Gasteiger partial charge in [-0.05, 0) is 24.3 Å². The Labute approximate surface area is 155 Å². The number of piperazine rings is 1. The Morgan fingerprint density at radius 3 is 2.04 bits per heavy atom. The zero-order valence-corrected chi connectivity index (χ0v) is 15.2. The summed E-state index contributed by atoms with van der Waals surface area (Å²) in [5.74, 6) is -0.368. The van der Waals surface area contributed by atoms with Crippen molar-refractivity contribution in [3.63, 3.8) is 0 Å². The van der Waals surface area contributed by atoms with Crippen LogP contribution < -0.4 is 0 Å². The minimum atomic E-state index is -0.184. The third kappa shape index (κ3) is 3.35. The number of imide groups is 1. The number of halogens is 1. The molecular weight excluding hydrogens is 358 g/mol. The van der Waals surface area contributed by atoms with Crippen LogP contribution in [0.4, 0.5) is 0 Å². The molecule has 2 aromatic rings. The molecular formula is C18H18ClN3O2S. The fraction of sp³-hybridized carbons (Fsp3) is 0.333. The number of rotatable bonds is 4. The number of hydrogen-bond donors (Lipinski definition) is 0. The quantitative estimate of drug-likeness (QED) is 0.771. The monoisotopic (exact) mass is 375 g/mol. The van der Waals surface area contributed by atoms with Crippen LogP contribution in [-0.2, 0) is 6.54 Å². The third-order valence-electron chi connectivity index (χ3n) is 4.69. The van der Waals surface area contributed by atoms with Gasteiger partial charge in [0.1, 0.15) is 0 Å². The summed E-state index contributed by atoms with van der Waals surface area (Å²) in [6.07, 6.45) is 0. The SMILES string of the molecule is O=C1c2ccccc2C(=O)N1CN1CCN(Cc2ccc(Cl)s2)CC1. The first kappa shape index (κ1) is 16.7. The molecule has 1 aromatic carbocycles. The number of thiophene rings is 1. The average molecular weight is 376 g/mol. The van der Waals surface area contributed by atoms with Gasteiger partial charge in [0, 0.05) is 37.6 Å². The van der Waals surface area contributed by atoms with Gasteiger partial charge in [0.25, 0.3) is 11.8 Å². The molecule has 1 aromatic heterocycles. The molecule has 0 spiro atoms. The van der Waals surface area contributed by atoms with Crippen molar-refractivity contribution >= 4 is 34.8 Å². The molecule has 25 heavy (non-hydrogen) atoms. The van der Waals surface area contributed by atoms with Gasteiger partial charge in [0.15, 0.2) is 0 Å². The number of fused-ring (bicyclic) bond motifs is 1. The molecule has 0 radical (unpaired) electrons. The molecule has 2 amide bonds. The normalized spacial score (nSPS) is 18.8. The number of hydrogen-bond acceptors (Lipinski definition) is 5. The summed E-state index contributed by atoms with van der Waals surface area (Å²) in [6, 6.07) is 11.0. The molecule has 1 fully saturated rings. The minimum absolute atomic E-state index is 0.184. The molecule has 2 aliphatic heterocycles. The third-order valence-corrected chi connectivity index (χ3v) is 5.91. The van der Waals surface area contributed by atoms with Gasteiger partial charge >= 0.3 is 0 Å². The van der Waals surface area contributed by atoms with Crippen molar-refractivity contribution in [1.29, 1.82) is 0 Å². The van der Waals surface area contributed by atoms with Crippen LogP contribution in [0, 0.1) is 0 Å². The van der Waals surface area contributed by atoms with Crippen molar-refractivity contribution < 1.29 is 9.59 Å². The van der Waals surface area contributed by atoms with E-state index in [2.05, 4.69) is 15.9 Å². The lowest BCUT2D eigenvalue weighted by atomic mass is 10.1. The van der Waals surface area contributed by atoms with Gasteiger partial charge in [-0.1, -0.05) is 23.7 Å². The number of amides is 2. The summed E-state index contributed by atoms with van der Waals surface area (Å²) >= 11 is 7.60. The Hall–Kier alpha value is -1.73. The number of nitrogens with zero attached hydrogens (tertiary/aromatic N) is 3. The second-order valence-corrected chi connectivity index (χ2v) is 8.12. The molecule has 5 nitrogen and oxygen atoms in total. The molecule has 0 atom stereocenters. The van der Waals surface area contributed by atoms with E-state index in [4.69, 9.17) is 11.6 Å². The van der Waals surface area contributed by atoms with Crippen LogP contribution in [0.5, 0.6) is 0 Å². The van der Waals surface area contributed by atoms with Crippen molar-refractivity contribution in [2.45, 2.75) is 6.54 Å². The minimum Gasteiger partial charge on any atom is -0.296 e. The van der Waals surface area contributed by atoms with E-state index in [0.29, 0.717) is 17.8 Å². The zero-order valence-electron chi connectivity index (χ0n) is 13.7. The smallest absolute Gasteiger partial charge is 0.262 e. The first-order valence-electron chi connectivity index (χ1n) is 8.26. The molecule has 4 rings (SSSR count). The molecule has 1 saturated heterocycles. The van der Waals surface area contributed by atoms with Crippen LogP contribution in [0.25, 0.3) is 0 Å². The zero-order chi connectivity index (χ0) is 17.4. The van der Waals surface area contributed by atoms with Crippen LogP contribution in [0.15, 0.2) is 36.4 Å². The predicted molar refractivity (Wildman–Crippen MR) is 98.0 cm³/mol. The lowest BCUT2D eigenvalue weighted by Crippen LogP contribution is -2.50. The van der Waals surface area contributed by atoms with Gasteiger partial charge < -0.3 is 0 Å². The Kier molecular flexibility index (Phi) is 4.60. The van der Waals surface area contributed by atoms with Crippen LogP contribution in [-0.4, -0.2) is 59.4 Å². The highest BCUT2D eigenvalue weighted by molar-refractivity contribution is 7.16. The van der Waals surface area contributed by atoms with Crippen molar-refractivity contribution in [2.24, 2.45) is 0 Å². The van der Waals surface area contributed by atoms with Gasteiger partial charge in [-0.15, -0.1) is 11.3 Å². The van der Waals surface area contributed by atoms with E-state index in [1.165, 1.54) is 9.78 Å². The largest absolute Gasteiger partial charge is 0.296 e. The van der Waals surface area contributed by atoms with Crippen LogP contribution in [0.1, 0.15) is 25.6 Å².